The van der Waals surface area contributed by atoms with E-state index in [9.17, 15) is 4.79 Å². The number of para-hydroxylation sites is 1. The van der Waals surface area contributed by atoms with Crippen LogP contribution >= 0.6 is 11.8 Å². The zero-order chi connectivity index (χ0) is 20.1. The molecular formula is C22H24N4O2S. The Labute approximate surface area is 174 Å². The summed E-state index contributed by atoms with van der Waals surface area (Å²) in [5.41, 5.74) is 2.10. The number of aryl methyl sites for hydroxylation is 1. The fourth-order valence-electron chi connectivity index (χ4n) is 3.36. The van der Waals surface area contributed by atoms with Gasteiger partial charge in [0.25, 0.3) is 0 Å². The molecule has 1 aliphatic rings. The minimum Gasteiger partial charge on any atom is -0.486 e. The van der Waals surface area contributed by atoms with E-state index < -0.39 is 0 Å². The minimum atomic E-state index is 0.160. The summed E-state index contributed by atoms with van der Waals surface area (Å²) < 4.78 is 7.92. The number of benzene rings is 2. The van der Waals surface area contributed by atoms with Crippen molar-refractivity contribution < 1.29 is 9.53 Å². The molecule has 0 N–H and O–H groups in total. The Morgan fingerprint density at radius 3 is 2.62 bits per heavy atom. The minimum absolute atomic E-state index is 0.160. The van der Waals surface area contributed by atoms with Crippen molar-refractivity contribution in [2.45, 2.75) is 31.5 Å². The lowest BCUT2D eigenvalue weighted by Crippen LogP contribution is -2.29. The van der Waals surface area contributed by atoms with E-state index in [1.807, 2.05) is 71.0 Å². The van der Waals surface area contributed by atoms with Gasteiger partial charge in [-0.15, -0.1) is 10.2 Å². The number of nitrogens with zero attached hydrogens (tertiary/aromatic N) is 4. The van der Waals surface area contributed by atoms with Crippen molar-refractivity contribution in [2.75, 3.05) is 18.8 Å². The molecule has 1 saturated heterocycles. The SMILES string of the molecule is Cc1cccc(OCc2nnc(SCC(=O)N3CCCC3)n2-c2ccccc2)c1. The molecule has 2 heterocycles. The highest BCUT2D eigenvalue weighted by molar-refractivity contribution is 7.99. The second-order valence-electron chi connectivity index (χ2n) is 7.05. The van der Waals surface area contributed by atoms with Crippen LogP contribution in [-0.2, 0) is 11.4 Å². The number of carbonyl (C=O) groups excluding carboxylic acids is 1. The number of rotatable bonds is 7. The molecule has 29 heavy (non-hydrogen) atoms. The van der Waals surface area contributed by atoms with Gasteiger partial charge in [0.2, 0.25) is 5.91 Å². The first-order chi connectivity index (χ1) is 14.2. The van der Waals surface area contributed by atoms with Gasteiger partial charge in [-0.2, -0.15) is 0 Å². The molecular weight excluding hydrogens is 384 g/mol. The van der Waals surface area contributed by atoms with Gasteiger partial charge in [0.1, 0.15) is 12.4 Å². The summed E-state index contributed by atoms with van der Waals surface area (Å²) in [5.74, 6) is 2.02. The van der Waals surface area contributed by atoms with Gasteiger partial charge in [-0.05, 0) is 49.6 Å². The van der Waals surface area contributed by atoms with Crippen LogP contribution in [-0.4, -0.2) is 44.4 Å². The average Bonchev–Trinajstić information content (AvgIpc) is 3.41. The summed E-state index contributed by atoms with van der Waals surface area (Å²) in [6.45, 7) is 4.05. The molecule has 1 amide bonds. The zero-order valence-electron chi connectivity index (χ0n) is 16.5. The molecule has 2 aromatic carbocycles. The number of likely N-dealkylation sites (tertiary alicyclic amines) is 1. The number of ether oxygens (including phenoxy) is 1. The van der Waals surface area contributed by atoms with E-state index in [-0.39, 0.29) is 5.91 Å². The number of aromatic nitrogens is 3. The van der Waals surface area contributed by atoms with Crippen LogP contribution in [0.4, 0.5) is 0 Å². The normalized spacial score (nSPS) is 13.6. The highest BCUT2D eigenvalue weighted by Crippen LogP contribution is 2.24. The maximum absolute atomic E-state index is 12.4. The van der Waals surface area contributed by atoms with Gasteiger partial charge in [0, 0.05) is 18.8 Å². The molecule has 1 aliphatic heterocycles. The van der Waals surface area contributed by atoms with Crippen LogP contribution in [0.3, 0.4) is 0 Å². The van der Waals surface area contributed by atoms with Crippen LogP contribution in [0, 0.1) is 6.92 Å². The molecule has 0 atom stereocenters. The van der Waals surface area contributed by atoms with Gasteiger partial charge in [0.15, 0.2) is 11.0 Å². The molecule has 150 valence electrons. The Hall–Kier alpha value is -2.80. The third-order valence-electron chi connectivity index (χ3n) is 4.86. The molecule has 0 unspecified atom stereocenters. The summed E-state index contributed by atoms with van der Waals surface area (Å²) in [7, 11) is 0. The van der Waals surface area contributed by atoms with Crippen LogP contribution in [0.15, 0.2) is 59.8 Å². The largest absolute Gasteiger partial charge is 0.486 e. The van der Waals surface area contributed by atoms with Gasteiger partial charge in [-0.25, -0.2) is 0 Å². The Kier molecular flexibility index (Phi) is 6.14. The molecule has 3 aromatic rings. The molecule has 7 heteroatoms. The van der Waals surface area contributed by atoms with Gasteiger partial charge in [0.05, 0.1) is 5.75 Å². The molecule has 1 fully saturated rings. The van der Waals surface area contributed by atoms with Crippen molar-refractivity contribution in [3.05, 3.63) is 66.0 Å². The Balaban J connectivity index is 1.52. The Bertz CT molecular complexity index is 968. The maximum atomic E-state index is 12.4. The third kappa shape index (κ3) is 4.79. The highest BCUT2D eigenvalue weighted by Gasteiger charge is 2.21. The van der Waals surface area contributed by atoms with Gasteiger partial charge >= 0.3 is 0 Å². The fourth-order valence-corrected chi connectivity index (χ4v) is 4.23. The van der Waals surface area contributed by atoms with E-state index in [2.05, 4.69) is 10.2 Å². The number of hydrogen-bond donors (Lipinski definition) is 0. The summed E-state index contributed by atoms with van der Waals surface area (Å²) >= 11 is 1.42. The first kappa shape index (κ1) is 19.5. The lowest BCUT2D eigenvalue weighted by molar-refractivity contribution is -0.127. The van der Waals surface area contributed by atoms with E-state index in [0.717, 1.165) is 42.9 Å². The lowest BCUT2D eigenvalue weighted by atomic mass is 10.2. The molecule has 0 spiro atoms. The molecule has 6 nitrogen and oxygen atoms in total. The maximum Gasteiger partial charge on any atom is 0.233 e. The summed E-state index contributed by atoms with van der Waals surface area (Å²) in [6, 6.07) is 17.9. The van der Waals surface area contributed by atoms with Crippen molar-refractivity contribution in [3.8, 4) is 11.4 Å². The van der Waals surface area contributed by atoms with Crippen LogP contribution in [0.2, 0.25) is 0 Å². The third-order valence-corrected chi connectivity index (χ3v) is 5.77. The van der Waals surface area contributed by atoms with Crippen molar-refractivity contribution in [1.29, 1.82) is 0 Å². The predicted octanol–water partition coefficient (Wildman–Crippen LogP) is 3.87. The van der Waals surface area contributed by atoms with Crippen molar-refractivity contribution >= 4 is 17.7 Å². The Morgan fingerprint density at radius 2 is 1.86 bits per heavy atom. The lowest BCUT2D eigenvalue weighted by Gasteiger charge is -2.15. The smallest absolute Gasteiger partial charge is 0.233 e. The topological polar surface area (TPSA) is 60.3 Å². The summed E-state index contributed by atoms with van der Waals surface area (Å²) in [5, 5.41) is 9.39. The van der Waals surface area contributed by atoms with Gasteiger partial charge in [-0.1, -0.05) is 42.1 Å². The standard InChI is InChI=1S/C22H24N4O2S/c1-17-8-7-11-19(14-17)28-15-20-23-24-22(26(20)18-9-3-2-4-10-18)29-16-21(27)25-12-5-6-13-25/h2-4,7-11,14H,5-6,12-13,15-16H2,1H3. The molecule has 0 bridgehead atoms. The average molecular weight is 409 g/mol. The van der Waals surface area contributed by atoms with Crippen LogP contribution in [0.5, 0.6) is 5.75 Å². The highest BCUT2D eigenvalue weighted by atomic mass is 32.2. The number of hydrogen-bond acceptors (Lipinski definition) is 5. The van der Waals surface area contributed by atoms with E-state index in [1.54, 1.807) is 0 Å². The number of carbonyl (C=O) groups is 1. The van der Waals surface area contributed by atoms with Crippen LogP contribution < -0.4 is 4.74 Å². The van der Waals surface area contributed by atoms with Gasteiger partial charge < -0.3 is 9.64 Å². The fraction of sp³-hybridized carbons (Fsp3) is 0.318. The van der Waals surface area contributed by atoms with E-state index in [4.69, 9.17) is 4.74 Å². The van der Waals surface area contributed by atoms with Crippen LogP contribution in [0.1, 0.15) is 24.2 Å². The molecule has 0 saturated carbocycles. The van der Waals surface area contributed by atoms with E-state index in [0.29, 0.717) is 23.3 Å². The molecule has 0 aliphatic carbocycles. The second kappa shape index (κ2) is 9.13. The monoisotopic (exact) mass is 408 g/mol. The van der Waals surface area contributed by atoms with Crippen LogP contribution in [0.25, 0.3) is 5.69 Å². The zero-order valence-corrected chi connectivity index (χ0v) is 17.3. The summed E-state index contributed by atoms with van der Waals surface area (Å²) in [6.07, 6.45) is 2.19. The number of amides is 1. The molecule has 1 aromatic heterocycles. The first-order valence-corrected chi connectivity index (χ1v) is 10.8. The van der Waals surface area contributed by atoms with E-state index in [1.165, 1.54) is 11.8 Å². The van der Waals surface area contributed by atoms with Crippen molar-refractivity contribution in [3.63, 3.8) is 0 Å². The number of thioether (sulfide) groups is 1. The molecule has 0 radical (unpaired) electrons. The Morgan fingerprint density at radius 1 is 1.07 bits per heavy atom. The summed E-state index contributed by atoms with van der Waals surface area (Å²) in [4.78, 5) is 14.4. The van der Waals surface area contributed by atoms with Gasteiger partial charge in [-0.3, -0.25) is 9.36 Å². The van der Waals surface area contributed by atoms with Crippen molar-refractivity contribution in [1.82, 2.24) is 19.7 Å². The first-order valence-electron chi connectivity index (χ1n) is 9.80. The predicted molar refractivity (Wildman–Crippen MR) is 113 cm³/mol. The van der Waals surface area contributed by atoms with Crippen molar-refractivity contribution in [2.24, 2.45) is 0 Å². The molecule has 4 rings (SSSR count). The second-order valence-corrected chi connectivity index (χ2v) is 7.99. The quantitative estimate of drug-likeness (QED) is 0.556. The van der Waals surface area contributed by atoms with E-state index >= 15 is 0 Å².